The lowest BCUT2D eigenvalue weighted by Crippen LogP contribution is -2.69. The minimum Gasteiger partial charge on any atom is -0.392 e. The molecular weight excluding hydrogens is 857 g/mol. The summed E-state index contributed by atoms with van der Waals surface area (Å²) in [6, 6.07) is 7.18. The summed E-state index contributed by atoms with van der Waals surface area (Å²) >= 11 is 0. The quantitative estimate of drug-likeness (QED) is 0.130. The number of rotatable bonds is 11. The van der Waals surface area contributed by atoms with Crippen molar-refractivity contribution in [2.75, 3.05) is 13.2 Å². The number of hydrogen-bond acceptors (Lipinski definition) is 6. The van der Waals surface area contributed by atoms with Gasteiger partial charge in [0.05, 0.1) is 28.8 Å². The zero-order chi connectivity index (χ0) is 48.6. The van der Waals surface area contributed by atoms with Gasteiger partial charge in [0.1, 0.15) is 11.9 Å². The average molecular weight is 943 g/mol. The molecule has 6 fully saturated rings. The van der Waals surface area contributed by atoms with Crippen molar-refractivity contribution in [2.24, 2.45) is 56.7 Å². The van der Waals surface area contributed by atoms with Crippen molar-refractivity contribution in [3.8, 4) is 0 Å². The first-order chi connectivity index (χ1) is 32.8. The van der Waals surface area contributed by atoms with Crippen LogP contribution >= 0.6 is 0 Å². The highest BCUT2D eigenvalue weighted by Crippen LogP contribution is 2.78. The summed E-state index contributed by atoms with van der Waals surface area (Å²) in [5, 5.41) is 26.3. The lowest BCUT2D eigenvalue weighted by Gasteiger charge is -2.71. The van der Waals surface area contributed by atoms with Crippen LogP contribution in [-0.2, 0) is 38.4 Å². The number of nitrogens with zero attached hydrogens (tertiary/aromatic N) is 1. The van der Waals surface area contributed by atoms with E-state index in [1.807, 2.05) is 0 Å². The van der Waals surface area contributed by atoms with Gasteiger partial charge < -0.3 is 29.2 Å². The van der Waals surface area contributed by atoms with Crippen LogP contribution in [0, 0.1) is 63.6 Å². The monoisotopic (exact) mass is 943 g/mol. The molecule has 12 unspecified atom stereocenters. The molecule has 11 rings (SSSR count). The molecule has 2 aromatic heterocycles. The van der Waals surface area contributed by atoms with Crippen LogP contribution in [-0.4, -0.2) is 68.5 Å². The van der Waals surface area contributed by atoms with Crippen LogP contribution in [0.3, 0.4) is 0 Å². The number of aromatic nitrogens is 2. The summed E-state index contributed by atoms with van der Waals surface area (Å²) in [5.74, 6) is 1.22. The van der Waals surface area contributed by atoms with E-state index < -0.39 is 34.1 Å². The number of nitrogens with one attached hydrogen (secondary N) is 1. The summed E-state index contributed by atoms with van der Waals surface area (Å²) in [6.45, 7) is 23.0. The number of epoxide rings is 1. The lowest BCUT2D eigenvalue weighted by molar-refractivity contribution is -0.233. The van der Waals surface area contributed by atoms with Crippen molar-refractivity contribution >= 4 is 22.6 Å². The van der Waals surface area contributed by atoms with Gasteiger partial charge in [-0.1, -0.05) is 97.4 Å². The molecular formula is C61H86N2O6. The summed E-state index contributed by atoms with van der Waals surface area (Å²) < 4.78 is 14.4. The molecule has 8 nitrogen and oxygen atoms in total. The van der Waals surface area contributed by atoms with Crippen LogP contribution in [0.1, 0.15) is 192 Å². The first kappa shape index (κ1) is 48.2. The Labute approximate surface area is 413 Å². The van der Waals surface area contributed by atoms with Crippen molar-refractivity contribution < 1.29 is 29.3 Å². The van der Waals surface area contributed by atoms with Crippen molar-refractivity contribution in [1.82, 2.24) is 9.55 Å². The number of benzene rings is 1. The van der Waals surface area contributed by atoms with E-state index in [9.17, 15) is 15.0 Å². The van der Waals surface area contributed by atoms with Gasteiger partial charge >= 0.3 is 0 Å². The fourth-order valence-electron chi connectivity index (χ4n) is 18.6. The normalized spacial score (nSPS) is 39.4. The summed E-state index contributed by atoms with van der Waals surface area (Å²) in [5.41, 5.74) is 8.43. The van der Waals surface area contributed by atoms with E-state index in [0.29, 0.717) is 43.4 Å². The van der Waals surface area contributed by atoms with Crippen LogP contribution < -0.4 is 0 Å². The van der Waals surface area contributed by atoms with Crippen LogP contribution in [0.5, 0.6) is 0 Å². The van der Waals surface area contributed by atoms with Crippen LogP contribution in [0.15, 0.2) is 41.7 Å². The molecule has 8 aliphatic rings. The number of ether oxygens (including phenoxy) is 2. The van der Waals surface area contributed by atoms with E-state index in [4.69, 9.17) is 9.47 Å². The second kappa shape index (κ2) is 17.0. The Morgan fingerprint density at radius 3 is 2.36 bits per heavy atom. The largest absolute Gasteiger partial charge is 0.392 e. The molecule has 0 spiro atoms. The van der Waals surface area contributed by atoms with Crippen molar-refractivity contribution in [3.63, 3.8) is 0 Å². The fourth-order valence-corrected chi connectivity index (χ4v) is 18.6. The van der Waals surface area contributed by atoms with E-state index in [2.05, 4.69) is 102 Å². The third kappa shape index (κ3) is 7.21. The molecule has 4 saturated carbocycles. The predicted octanol–water partition coefficient (Wildman–Crippen LogP) is 12.3. The zero-order valence-electron chi connectivity index (χ0n) is 43.9. The number of hydrogen-bond donors (Lipinski definition) is 3. The number of allylic oxidation sites excluding steroid dienone is 1. The number of fused-ring (bicyclic) bond motifs is 4. The Balaban J connectivity index is 1.09. The molecule has 69 heavy (non-hydrogen) atoms. The number of aliphatic hydroxyl groups is 2. The van der Waals surface area contributed by atoms with Crippen molar-refractivity contribution in [3.05, 3.63) is 69.6 Å². The highest BCUT2D eigenvalue weighted by atomic mass is 16.6. The maximum absolute atomic E-state index is 16.3. The number of aryl methyl sites for hydroxylation is 2. The first-order valence-corrected chi connectivity index (χ1v) is 28.0. The lowest BCUT2D eigenvalue weighted by atomic mass is 9.33. The number of unbranched alkanes of at least 4 members (excludes halogenated alkanes) is 2. The highest BCUT2D eigenvalue weighted by Gasteiger charge is 2.75. The number of ketones is 2. The van der Waals surface area contributed by atoms with Gasteiger partial charge in [-0.2, -0.15) is 0 Å². The van der Waals surface area contributed by atoms with E-state index in [0.717, 1.165) is 102 Å². The molecule has 2 saturated heterocycles. The number of aromatic amines is 1. The average Bonchev–Trinajstić information content (AvgIpc) is 3.84. The molecule has 3 aliphatic heterocycles. The standard InChI is InChI=1S/C61H86N2O6/c1-10-11-12-17-44-53(67)49-48-43(52(66)54-58(6)24-20-47(65)60(8,42-15-13-14-16-42)46(58)19-25-59(54,7)61(44,48)9)35-63-34-41(31-37-28-36(2)29-40(30-37)38-21-26-68-27-22-38)50-51(63)39(33-62-50)18-23-57(49,5)32-45(64)55-56(3,4)69-55/h28-30,33-34,38,42-46,52,54-55,62,64,66H,10-27,31-32,35H2,1-9H3. The van der Waals surface area contributed by atoms with E-state index in [1.54, 1.807) is 0 Å². The van der Waals surface area contributed by atoms with Gasteiger partial charge in [-0.3, -0.25) is 9.59 Å². The summed E-state index contributed by atoms with van der Waals surface area (Å²) in [6.07, 6.45) is 19.6. The van der Waals surface area contributed by atoms with Gasteiger partial charge in [-0.15, -0.1) is 0 Å². The minimum absolute atomic E-state index is 0.0928. The van der Waals surface area contributed by atoms with E-state index in [1.165, 1.54) is 57.3 Å². The molecule has 5 heterocycles. The zero-order valence-corrected chi connectivity index (χ0v) is 43.9. The second-order valence-electron chi connectivity index (χ2n) is 26.3. The van der Waals surface area contributed by atoms with Gasteiger partial charge in [0, 0.05) is 73.2 Å². The second-order valence-corrected chi connectivity index (χ2v) is 26.3. The fraction of sp³-hybridized carbons (Fsp3) is 0.738. The molecule has 8 heteroatoms. The molecule has 12 atom stereocenters. The molecule has 1 aromatic carbocycles. The van der Waals surface area contributed by atoms with Crippen LogP contribution in [0.25, 0.3) is 11.0 Å². The number of aliphatic hydroxyl groups excluding tert-OH is 2. The smallest absolute Gasteiger partial charge is 0.163 e. The minimum atomic E-state index is -0.723. The Hall–Kier alpha value is -3.04. The Bertz CT molecular complexity index is 2530. The molecule has 0 radical (unpaired) electrons. The van der Waals surface area contributed by atoms with Crippen molar-refractivity contribution in [2.45, 2.75) is 214 Å². The van der Waals surface area contributed by atoms with Gasteiger partial charge in [0.15, 0.2) is 5.78 Å². The summed E-state index contributed by atoms with van der Waals surface area (Å²) in [4.78, 5) is 34.7. The highest BCUT2D eigenvalue weighted by molar-refractivity contribution is 6.03. The maximum atomic E-state index is 16.3. The molecule has 5 aliphatic carbocycles. The Morgan fingerprint density at radius 1 is 0.913 bits per heavy atom. The van der Waals surface area contributed by atoms with Gasteiger partial charge in [0.2, 0.25) is 0 Å². The number of Topliss-reactive ketones (excluding diaryl/α,β-unsaturated/α-hetero) is 2. The number of H-pyrrole nitrogens is 1. The molecule has 3 aromatic rings. The van der Waals surface area contributed by atoms with Gasteiger partial charge in [-0.05, 0) is 159 Å². The molecule has 0 bridgehead atoms. The number of carbonyl (C=O) groups excluding carboxylic acids is 2. The molecule has 0 amide bonds. The number of carbonyl (C=O) groups is 2. The summed E-state index contributed by atoms with van der Waals surface area (Å²) in [7, 11) is 0. The van der Waals surface area contributed by atoms with Gasteiger partial charge in [0.25, 0.3) is 0 Å². The van der Waals surface area contributed by atoms with Crippen molar-refractivity contribution in [1.29, 1.82) is 0 Å². The van der Waals surface area contributed by atoms with Crippen LogP contribution in [0.2, 0.25) is 0 Å². The predicted molar refractivity (Wildman–Crippen MR) is 273 cm³/mol. The first-order valence-electron chi connectivity index (χ1n) is 28.0. The maximum Gasteiger partial charge on any atom is 0.163 e. The SMILES string of the molecule is CCCCCC1C(=O)C2=C3C(Cn4cc(Cc5cc(C)cc(C6CCOCC6)c5)c5[nH]cc(c54)CCC2(C)CC(O)C2OC2(C)C)C(O)C2C4(C)CCC(=O)C(C)(C5CCCC5)C4CCC2(C)C31C. The van der Waals surface area contributed by atoms with E-state index >= 15 is 4.79 Å². The van der Waals surface area contributed by atoms with Gasteiger partial charge in [-0.25, -0.2) is 0 Å². The topological polar surface area (TPSA) is 117 Å². The van der Waals surface area contributed by atoms with Crippen LogP contribution in [0.4, 0.5) is 0 Å². The third-order valence-corrected chi connectivity index (χ3v) is 22.2. The molecule has 376 valence electrons. The Kier molecular flexibility index (Phi) is 11.9. The third-order valence-electron chi connectivity index (χ3n) is 22.2. The van der Waals surface area contributed by atoms with E-state index in [-0.39, 0.29) is 46.4 Å². The Morgan fingerprint density at radius 2 is 1.65 bits per heavy atom. The molecule has 3 N–H and O–H groups in total.